The molecule has 1 aliphatic heterocycles. The van der Waals surface area contributed by atoms with Crippen LogP contribution in [-0.2, 0) is 0 Å². The van der Waals surface area contributed by atoms with E-state index in [4.69, 9.17) is 17.3 Å². The van der Waals surface area contributed by atoms with Crippen LogP contribution in [0, 0.1) is 6.92 Å². The molecule has 2 aromatic rings. The Balaban J connectivity index is 2.01. The zero-order valence-electron chi connectivity index (χ0n) is 11.3. The van der Waals surface area contributed by atoms with Gasteiger partial charge in [-0.3, -0.25) is 4.99 Å². The lowest BCUT2D eigenvalue weighted by atomic mass is 10.0. The quantitative estimate of drug-likeness (QED) is 0.917. The topological polar surface area (TPSA) is 41.6 Å². The van der Waals surface area contributed by atoms with Gasteiger partial charge in [0, 0.05) is 10.7 Å². The van der Waals surface area contributed by atoms with Crippen LogP contribution < -0.4 is 10.6 Å². The van der Waals surface area contributed by atoms with E-state index in [1.54, 1.807) is 0 Å². The highest BCUT2D eigenvalue weighted by Gasteiger charge is 2.29. The highest BCUT2D eigenvalue weighted by Crippen LogP contribution is 2.33. The van der Waals surface area contributed by atoms with Gasteiger partial charge in [-0.05, 0) is 42.3 Å². The predicted octanol–water partition coefficient (Wildman–Crippen LogP) is 3.52. The molecule has 3 nitrogen and oxygen atoms in total. The van der Waals surface area contributed by atoms with Gasteiger partial charge >= 0.3 is 0 Å². The number of benzene rings is 2. The third kappa shape index (κ3) is 2.25. The van der Waals surface area contributed by atoms with Crippen molar-refractivity contribution >= 4 is 23.2 Å². The average Bonchev–Trinajstić information content (AvgIpc) is 2.81. The average molecular weight is 286 g/mol. The van der Waals surface area contributed by atoms with Gasteiger partial charge in [0.15, 0.2) is 5.96 Å². The van der Waals surface area contributed by atoms with E-state index >= 15 is 0 Å². The van der Waals surface area contributed by atoms with Crippen molar-refractivity contribution in [3.05, 3.63) is 64.7 Å². The molecular formula is C16H16ClN3. The molecule has 0 aromatic heterocycles. The lowest BCUT2D eigenvalue weighted by Gasteiger charge is -2.27. The minimum absolute atomic E-state index is 0.134. The van der Waals surface area contributed by atoms with Crippen LogP contribution in [0.15, 0.2) is 53.5 Å². The summed E-state index contributed by atoms with van der Waals surface area (Å²) in [6.45, 7) is 2.74. The number of anilines is 1. The van der Waals surface area contributed by atoms with E-state index < -0.39 is 0 Å². The van der Waals surface area contributed by atoms with Crippen LogP contribution in [0.1, 0.15) is 17.2 Å². The molecule has 102 valence electrons. The number of halogens is 1. The monoisotopic (exact) mass is 285 g/mol. The van der Waals surface area contributed by atoms with Gasteiger partial charge in [-0.2, -0.15) is 0 Å². The van der Waals surface area contributed by atoms with Crippen molar-refractivity contribution in [1.29, 1.82) is 0 Å². The van der Waals surface area contributed by atoms with Gasteiger partial charge in [0.1, 0.15) is 0 Å². The maximum absolute atomic E-state index is 6.07. The van der Waals surface area contributed by atoms with Crippen LogP contribution in [-0.4, -0.2) is 12.5 Å². The number of hydrogen-bond acceptors (Lipinski definition) is 3. The van der Waals surface area contributed by atoms with Crippen LogP contribution in [0.25, 0.3) is 0 Å². The van der Waals surface area contributed by atoms with Crippen molar-refractivity contribution in [2.75, 3.05) is 11.4 Å². The van der Waals surface area contributed by atoms with Gasteiger partial charge < -0.3 is 10.6 Å². The fourth-order valence-electron chi connectivity index (χ4n) is 2.65. The molecule has 1 unspecified atom stereocenters. The van der Waals surface area contributed by atoms with E-state index in [9.17, 15) is 0 Å². The SMILES string of the molecule is Cc1cc(Cl)ccc1C1CN=C(N)N1c1ccccc1. The second-order valence-electron chi connectivity index (χ2n) is 4.92. The van der Waals surface area contributed by atoms with Gasteiger partial charge in [0.2, 0.25) is 0 Å². The summed E-state index contributed by atoms with van der Waals surface area (Å²) in [5, 5.41) is 0.754. The Bertz CT molecular complexity index is 652. The number of nitrogens with two attached hydrogens (primary N) is 1. The van der Waals surface area contributed by atoms with Crippen LogP contribution in [0.3, 0.4) is 0 Å². The summed E-state index contributed by atoms with van der Waals surface area (Å²) in [4.78, 5) is 6.48. The van der Waals surface area contributed by atoms with Gasteiger partial charge in [-0.25, -0.2) is 0 Å². The number of para-hydroxylation sites is 1. The van der Waals surface area contributed by atoms with Gasteiger partial charge in [0.25, 0.3) is 0 Å². The molecule has 1 heterocycles. The summed E-state index contributed by atoms with van der Waals surface area (Å²) in [5.41, 5.74) is 9.50. The number of guanidine groups is 1. The van der Waals surface area contributed by atoms with Crippen molar-refractivity contribution in [3.63, 3.8) is 0 Å². The number of hydrogen-bond donors (Lipinski definition) is 1. The van der Waals surface area contributed by atoms with Crippen molar-refractivity contribution in [1.82, 2.24) is 0 Å². The summed E-state index contributed by atoms with van der Waals surface area (Å²) in [7, 11) is 0. The Labute approximate surface area is 123 Å². The molecular weight excluding hydrogens is 270 g/mol. The molecule has 0 saturated carbocycles. The first kappa shape index (κ1) is 13.0. The minimum atomic E-state index is 0.134. The first-order chi connectivity index (χ1) is 9.66. The molecule has 3 rings (SSSR count). The fourth-order valence-corrected chi connectivity index (χ4v) is 2.88. The van der Waals surface area contributed by atoms with E-state index in [0.29, 0.717) is 12.5 Å². The first-order valence-electron chi connectivity index (χ1n) is 6.57. The third-order valence-corrected chi connectivity index (χ3v) is 3.85. The van der Waals surface area contributed by atoms with E-state index in [-0.39, 0.29) is 6.04 Å². The van der Waals surface area contributed by atoms with Crippen molar-refractivity contribution in [2.24, 2.45) is 10.7 Å². The van der Waals surface area contributed by atoms with Crippen LogP contribution >= 0.6 is 11.6 Å². The highest BCUT2D eigenvalue weighted by molar-refractivity contribution is 6.30. The van der Waals surface area contributed by atoms with E-state index in [1.807, 2.05) is 42.5 Å². The zero-order chi connectivity index (χ0) is 14.1. The number of aryl methyl sites for hydroxylation is 1. The molecule has 0 amide bonds. The minimum Gasteiger partial charge on any atom is -0.369 e. The maximum Gasteiger partial charge on any atom is 0.196 e. The molecule has 0 fully saturated rings. The summed E-state index contributed by atoms with van der Waals surface area (Å²) in [6.07, 6.45) is 0. The van der Waals surface area contributed by atoms with Crippen molar-refractivity contribution in [2.45, 2.75) is 13.0 Å². The summed E-state index contributed by atoms with van der Waals surface area (Å²) < 4.78 is 0. The summed E-state index contributed by atoms with van der Waals surface area (Å²) >= 11 is 6.04. The summed E-state index contributed by atoms with van der Waals surface area (Å²) in [5.74, 6) is 0.565. The Kier molecular flexibility index (Phi) is 3.36. The zero-order valence-corrected chi connectivity index (χ0v) is 12.0. The fraction of sp³-hybridized carbons (Fsp3) is 0.188. The molecule has 20 heavy (non-hydrogen) atoms. The van der Waals surface area contributed by atoms with Crippen molar-refractivity contribution in [3.8, 4) is 0 Å². The van der Waals surface area contributed by atoms with E-state index in [1.165, 1.54) is 5.56 Å². The smallest absolute Gasteiger partial charge is 0.196 e. The van der Waals surface area contributed by atoms with Gasteiger partial charge in [-0.1, -0.05) is 35.9 Å². The molecule has 1 atom stereocenters. The van der Waals surface area contributed by atoms with Crippen LogP contribution in [0.5, 0.6) is 0 Å². The Morgan fingerprint density at radius 2 is 1.95 bits per heavy atom. The molecule has 2 aromatic carbocycles. The lowest BCUT2D eigenvalue weighted by Crippen LogP contribution is -2.36. The van der Waals surface area contributed by atoms with Crippen LogP contribution in [0.2, 0.25) is 5.02 Å². The normalized spacial score (nSPS) is 18.2. The second kappa shape index (κ2) is 5.17. The van der Waals surface area contributed by atoms with Crippen LogP contribution in [0.4, 0.5) is 5.69 Å². The Hall–Kier alpha value is -2.00. The molecule has 4 heteroatoms. The predicted molar refractivity (Wildman–Crippen MR) is 84.3 cm³/mol. The maximum atomic E-state index is 6.07. The highest BCUT2D eigenvalue weighted by atomic mass is 35.5. The lowest BCUT2D eigenvalue weighted by molar-refractivity contribution is 0.762. The molecule has 0 bridgehead atoms. The Morgan fingerprint density at radius 3 is 2.65 bits per heavy atom. The summed E-state index contributed by atoms with van der Waals surface area (Å²) in [6, 6.07) is 16.2. The van der Waals surface area contributed by atoms with Crippen molar-refractivity contribution < 1.29 is 0 Å². The molecule has 0 aliphatic carbocycles. The number of nitrogens with zero attached hydrogens (tertiary/aromatic N) is 2. The third-order valence-electron chi connectivity index (χ3n) is 3.61. The van der Waals surface area contributed by atoms with E-state index in [2.05, 4.69) is 22.9 Å². The standard InChI is InChI=1S/C16H16ClN3/c1-11-9-12(17)7-8-14(11)15-10-19-16(18)20(15)13-5-3-2-4-6-13/h2-9,15H,10H2,1H3,(H2,18,19). The molecule has 2 N–H and O–H groups in total. The Morgan fingerprint density at radius 1 is 1.20 bits per heavy atom. The van der Waals surface area contributed by atoms with Gasteiger partial charge in [-0.15, -0.1) is 0 Å². The molecule has 0 saturated heterocycles. The van der Waals surface area contributed by atoms with Gasteiger partial charge in [0.05, 0.1) is 12.6 Å². The second-order valence-corrected chi connectivity index (χ2v) is 5.36. The molecule has 0 spiro atoms. The molecule has 1 aliphatic rings. The largest absolute Gasteiger partial charge is 0.369 e. The number of aliphatic imine (C=N–C) groups is 1. The van der Waals surface area contributed by atoms with E-state index in [0.717, 1.165) is 16.3 Å². The first-order valence-corrected chi connectivity index (χ1v) is 6.95. The molecule has 0 radical (unpaired) electrons. The number of rotatable bonds is 2.